The second-order valence-electron chi connectivity index (χ2n) is 5.60. The van der Waals surface area contributed by atoms with E-state index >= 15 is 0 Å². The first-order valence-corrected chi connectivity index (χ1v) is 7.89. The maximum atomic E-state index is 14.2. The summed E-state index contributed by atoms with van der Waals surface area (Å²) >= 11 is 1.05. The Bertz CT molecular complexity index is 458. The third-order valence-electron chi connectivity index (χ3n) is 4.06. The van der Waals surface area contributed by atoms with Gasteiger partial charge in [-0.05, 0) is 12.8 Å². The minimum Gasteiger partial charge on any atom is -0.387 e. The second-order valence-corrected chi connectivity index (χ2v) is 6.67. The van der Waals surface area contributed by atoms with Gasteiger partial charge in [0.25, 0.3) is 0 Å². The van der Waals surface area contributed by atoms with Crippen molar-refractivity contribution in [1.29, 1.82) is 0 Å². The number of nitrogens with zero attached hydrogens (tertiary/aromatic N) is 2. The molecule has 3 aliphatic rings. The lowest BCUT2D eigenvalue weighted by Crippen LogP contribution is -2.59. The third-order valence-corrected chi connectivity index (χ3v) is 5.26. The molecule has 3 rings (SSSR count). The van der Waals surface area contributed by atoms with Crippen molar-refractivity contribution in [2.24, 2.45) is 4.99 Å². The average Bonchev–Trinajstić information content (AvgIpc) is 3.09. The summed E-state index contributed by atoms with van der Waals surface area (Å²) in [6, 6.07) is -1.05. The molecule has 2 N–H and O–H groups in total. The minimum atomic E-state index is -4.99. The molecule has 0 amide bonds. The van der Waals surface area contributed by atoms with Gasteiger partial charge in [-0.3, -0.25) is 4.99 Å². The van der Waals surface area contributed by atoms with Gasteiger partial charge >= 0.3 is 6.18 Å². The molecule has 0 spiro atoms. The van der Waals surface area contributed by atoms with E-state index in [0.717, 1.165) is 37.7 Å². The number of aliphatic hydroxyl groups excluding tert-OH is 2. The number of ether oxygens (including phenoxy) is 1. The molecule has 22 heavy (non-hydrogen) atoms. The number of hydrogen-bond donors (Lipinski definition) is 2. The van der Waals surface area contributed by atoms with Crippen molar-refractivity contribution in [3.05, 3.63) is 0 Å². The summed E-state index contributed by atoms with van der Waals surface area (Å²) in [5, 5.41) is 19.5. The Morgan fingerprint density at radius 1 is 1.32 bits per heavy atom. The fourth-order valence-electron chi connectivity index (χ4n) is 2.85. The van der Waals surface area contributed by atoms with Gasteiger partial charge in [0.05, 0.1) is 0 Å². The fourth-order valence-corrected chi connectivity index (χ4v) is 4.11. The van der Waals surface area contributed by atoms with Crippen molar-refractivity contribution in [1.82, 2.24) is 4.90 Å². The van der Waals surface area contributed by atoms with Crippen LogP contribution in [-0.4, -0.2) is 75.5 Å². The highest BCUT2D eigenvalue weighted by Gasteiger charge is 2.56. The Labute approximate surface area is 128 Å². The number of fused-ring (bicyclic) bond motifs is 1. The predicted molar refractivity (Wildman–Crippen MR) is 71.2 cm³/mol. The van der Waals surface area contributed by atoms with Gasteiger partial charge in [-0.1, -0.05) is 11.8 Å². The van der Waals surface area contributed by atoms with Crippen LogP contribution in [0, 0.1) is 0 Å². The van der Waals surface area contributed by atoms with Crippen molar-refractivity contribution < 1.29 is 32.5 Å². The Hall–Kier alpha value is -0.580. The highest BCUT2D eigenvalue weighted by atomic mass is 32.2. The van der Waals surface area contributed by atoms with E-state index in [4.69, 9.17) is 4.74 Å². The normalized spacial score (nSPS) is 40.5. The van der Waals surface area contributed by atoms with Gasteiger partial charge in [0.2, 0.25) is 0 Å². The topological polar surface area (TPSA) is 65.3 Å². The van der Waals surface area contributed by atoms with E-state index in [1.807, 2.05) is 4.90 Å². The summed E-state index contributed by atoms with van der Waals surface area (Å²) in [6.07, 6.45) is -12.1. The van der Waals surface area contributed by atoms with Gasteiger partial charge in [-0.25, -0.2) is 4.39 Å². The summed E-state index contributed by atoms with van der Waals surface area (Å²) < 4.78 is 57.2. The molecule has 2 saturated heterocycles. The Balaban J connectivity index is 1.74. The molecule has 0 aromatic carbocycles. The van der Waals surface area contributed by atoms with Crippen LogP contribution in [0.4, 0.5) is 17.6 Å². The van der Waals surface area contributed by atoms with Crippen molar-refractivity contribution in [3.8, 4) is 0 Å². The quantitative estimate of drug-likeness (QED) is 0.692. The number of halogens is 4. The molecule has 0 bridgehead atoms. The van der Waals surface area contributed by atoms with E-state index in [0.29, 0.717) is 5.17 Å². The van der Waals surface area contributed by atoms with Crippen LogP contribution in [-0.2, 0) is 4.74 Å². The number of likely N-dealkylation sites (tertiary alicyclic amines) is 1. The van der Waals surface area contributed by atoms with E-state index in [2.05, 4.69) is 4.99 Å². The van der Waals surface area contributed by atoms with Crippen LogP contribution in [0.1, 0.15) is 12.8 Å². The number of amidine groups is 1. The number of alkyl halides is 4. The maximum Gasteiger partial charge on any atom is 0.417 e. The first-order chi connectivity index (χ1) is 10.3. The van der Waals surface area contributed by atoms with Gasteiger partial charge in [-0.2, -0.15) is 13.2 Å². The van der Waals surface area contributed by atoms with Gasteiger partial charge < -0.3 is 19.8 Å². The van der Waals surface area contributed by atoms with Crippen LogP contribution in [0.2, 0.25) is 0 Å². The number of aliphatic hydroxyl groups is 2. The van der Waals surface area contributed by atoms with Crippen LogP contribution in [0.15, 0.2) is 4.99 Å². The van der Waals surface area contributed by atoms with Gasteiger partial charge in [0.1, 0.15) is 23.7 Å². The summed E-state index contributed by atoms with van der Waals surface area (Å²) in [6.45, 7) is 1.53. The molecule has 0 saturated carbocycles. The molecule has 0 aromatic rings. The first kappa shape index (κ1) is 16.3. The molecule has 6 atom stereocenters. The number of thioether (sulfide) groups is 1. The predicted octanol–water partition coefficient (Wildman–Crippen LogP) is 0.901. The summed E-state index contributed by atoms with van der Waals surface area (Å²) in [5.74, 6) is 0. The summed E-state index contributed by atoms with van der Waals surface area (Å²) in [5.41, 5.74) is -0.962. The van der Waals surface area contributed by atoms with E-state index in [1.54, 1.807) is 0 Å². The molecule has 0 unspecified atom stereocenters. The molecule has 10 heteroatoms. The molecule has 0 aliphatic carbocycles. The molecular weight excluding hydrogens is 328 g/mol. The number of aliphatic imine (C=N–C) groups is 1. The third kappa shape index (κ3) is 2.81. The van der Waals surface area contributed by atoms with Gasteiger partial charge in [0, 0.05) is 13.1 Å². The van der Waals surface area contributed by atoms with Crippen molar-refractivity contribution in [3.63, 3.8) is 0 Å². The summed E-state index contributed by atoms with van der Waals surface area (Å²) in [7, 11) is 0. The smallest absolute Gasteiger partial charge is 0.387 e. The number of rotatable bonds is 1. The van der Waals surface area contributed by atoms with E-state index in [-0.39, 0.29) is 0 Å². The van der Waals surface area contributed by atoms with Gasteiger partial charge in [-0.15, -0.1) is 0 Å². The molecule has 3 heterocycles. The highest BCUT2D eigenvalue weighted by molar-refractivity contribution is 8.14. The van der Waals surface area contributed by atoms with E-state index in [1.165, 1.54) is 0 Å². The SMILES string of the molecule is O[C@H]1[C@@H](F)[C@H]2N=C(N3CCCC3)S[C@H]2O[C@@H]1[C@@H](O)C(F)(F)F. The van der Waals surface area contributed by atoms with Crippen LogP contribution < -0.4 is 0 Å². The summed E-state index contributed by atoms with van der Waals surface area (Å²) in [4.78, 5) is 6.09. The Kier molecular flexibility index (Phi) is 4.30. The first-order valence-electron chi connectivity index (χ1n) is 7.01. The van der Waals surface area contributed by atoms with E-state index in [9.17, 15) is 27.8 Å². The fraction of sp³-hybridized carbons (Fsp3) is 0.917. The minimum absolute atomic E-state index is 0.532. The lowest BCUT2D eigenvalue weighted by atomic mass is 9.96. The standard InChI is InChI=1S/C12H16F4N2O3S/c13-5-6-10(22-11(17-6)18-3-1-2-4-18)21-8(7(5)19)9(20)12(14,15)16/h5-10,19-20H,1-4H2/t5-,6+,7-,8-,9+,10+/m0/s1. The second kappa shape index (κ2) is 5.81. The lowest BCUT2D eigenvalue weighted by Gasteiger charge is -2.39. The lowest BCUT2D eigenvalue weighted by molar-refractivity contribution is -0.267. The van der Waals surface area contributed by atoms with Crippen LogP contribution in [0.3, 0.4) is 0 Å². The number of hydrogen-bond acceptors (Lipinski definition) is 6. The zero-order valence-corrected chi connectivity index (χ0v) is 12.2. The monoisotopic (exact) mass is 344 g/mol. The molecule has 2 fully saturated rings. The van der Waals surface area contributed by atoms with Gasteiger partial charge in [0.15, 0.2) is 17.4 Å². The molecule has 3 aliphatic heterocycles. The zero-order valence-electron chi connectivity index (χ0n) is 11.4. The van der Waals surface area contributed by atoms with E-state index < -0.39 is 42.1 Å². The largest absolute Gasteiger partial charge is 0.417 e. The molecule has 126 valence electrons. The molecular formula is C12H16F4N2O3S. The highest BCUT2D eigenvalue weighted by Crippen LogP contribution is 2.41. The molecule has 0 aromatic heterocycles. The van der Waals surface area contributed by atoms with Crippen molar-refractivity contribution >= 4 is 16.9 Å². The maximum absolute atomic E-state index is 14.2. The van der Waals surface area contributed by atoms with Crippen LogP contribution in [0.25, 0.3) is 0 Å². The average molecular weight is 344 g/mol. The molecule has 5 nitrogen and oxygen atoms in total. The van der Waals surface area contributed by atoms with Crippen molar-refractivity contribution in [2.45, 2.75) is 55.0 Å². The van der Waals surface area contributed by atoms with Crippen molar-refractivity contribution in [2.75, 3.05) is 13.1 Å². The van der Waals surface area contributed by atoms with Crippen LogP contribution in [0.5, 0.6) is 0 Å². The van der Waals surface area contributed by atoms with Crippen LogP contribution >= 0.6 is 11.8 Å². The Morgan fingerprint density at radius 3 is 2.55 bits per heavy atom. The zero-order chi connectivity index (χ0) is 16.1. The Morgan fingerprint density at radius 2 is 1.95 bits per heavy atom. The molecule has 0 radical (unpaired) electrons.